The highest BCUT2D eigenvalue weighted by Gasteiger charge is 2.14. The number of hydrogen-bond donors (Lipinski definition) is 1. The van der Waals surface area contributed by atoms with Crippen molar-refractivity contribution in [3.63, 3.8) is 0 Å². The van der Waals surface area contributed by atoms with Crippen LogP contribution in [0.2, 0.25) is 0 Å². The molecule has 2 N–H and O–H groups in total. The van der Waals surface area contributed by atoms with E-state index in [0.29, 0.717) is 23.6 Å². The molecule has 0 saturated heterocycles. The van der Waals surface area contributed by atoms with Crippen molar-refractivity contribution in [2.75, 3.05) is 24.3 Å². The van der Waals surface area contributed by atoms with Crippen LogP contribution in [-0.2, 0) is 0 Å². The topological polar surface area (TPSA) is 68.5 Å². The zero-order chi connectivity index (χ0) is 14.5. The molecule has 0 saturated carbocycles. The highest BCUT2D eigenvalue weighted by molar-refractivity contribution is 6.06. The van der Waals surface area contributed by atoms with Gasteiger partial charge < -0.3 is 15.4 Å². The Labute approximate surface area is 118 Å². The lowest BCUT2D eigenvalue weighted by molar-refractivity contribution is 0.0993. The maximum atomic E-state index is 12.4. The van der Waals surface area contributed by atoms with Crippen LogP contribution in [0.5, 0.6) is 5.75 Å². The number of anilines is 2. The first-order valence-electron chi connectivity index (χ1n) is 6.34. The van der Waals surface area contributed by atoms with Gasteiger partial charge in [0.15, 0.2) is 0 Å². The van der Waals surface area contributed by atoms with E-state index in [2.05, 4.69) is 4.98 Å². The normalized spacial score (nSPS) is 10.1. The predicted octanol–water partition coefficient (Wildman–Crippen LogP) is 2.34. The number of ether oxygens (including phenoxy) is 1. The molecule has 1 heterocycles. The van der Waals surface area contributed by atoms with E-state index >= 15 is 0 Å². The minimum Gasteiger partial charge on any atom is -0.492 e. The summed E-state index contributed by atoms with van der Waals surface area (Å²) >= 11 is 0. The standard InChI is InChI=1S/C15H17N3O2/c1-3-20-14-5-4-11(10-13(14)16)15(19)18(2)12-6-8-17-9-7-12/h4-10H,3,16H2,1-2H3. The molecule has 1 amide bonds. The molecule has 0 aliphatic heterocycles. The third-order valence-corrected chi connectivity index (χ3v) is 2.91. The summed E-state index contributed by atoms with van der Waals surface area (Å²) in [5.74, 6) is 0.460. The first-order chi connectivity index (χ1) is 9.63. The quantitative estimate of drug-likeness (QED) is 0.867. The van der Waals surface area contributed by atoms with Crippen molar-refractivity contribution in [1.82, 2.24) is 4.98 Å². The van der Waals surface area contributed by atoms with Crippen molar-refractivity contribution in [2.45, 2.75) is 6.92 Å². The van der Waals surface area contributed by atoms with Crippen LogP contribution in [-0.4, -0.2) is 24.5 Å². The molecule has 0 atom stereocenters. The van der Waals surface area contributed by atoms with Crippen LogP contribution in [0.3, 0.4) is 0 Å². The summed E-state index contributed by atoms with van der Waals surface area (Å²) in [4.78, 5) is 17.9. The van der Waals surface area contributed by atoms with E-state index in [1.165, 1.54) is 0 Å². The molecule has 104 valence electrons. The number of pyridine rings is 1. The van der Waals surface area contributed by atoms with Gasteiger partial charge in [-0.05, 0) is 37.3 Å². The monoisotopic (exact) mass is 271 g/mol. The third kappa shape index (κ3) is 2.88. The van der Waals surface area contributed by atoms with Gasteiger partial charge in [0.1, 0.15) is 5.75 Å². The van der Waals surface area contributed by atoms with Gasteiger partial charge in [-0.25, -0.2) is 0 Å². The number of aromatic nitrogens is 1. The number of benzene rings is 1. The number of nitrogens with zero attached hydrogens (tertiary/aromatic N) is 2. The highest BCUT2D eigenvalue weighted by atomic mass is 16.5. The number of rotatable bonds is 4. The van der Waals surface area contributed by atoms with Gasteiger partial charge in [-0.15, -0.1) is 0 Å². The molecule has 1 aromatic carbocycles. The Morgan fingerprint density at radius 2 is 2.00 bits per heavy atom. The fourth-order valence-corrected chi connectivity index (χ4v) is 1.85. The number of carbonyl (C=O) groups is 1. The molecule has 20 heavy (non-hydrogen) atoms. The zero-order valence-electron chi connectivity index (χ0n) is 11.5. The molecule has 5 nitrogen and oxygen atoms in total. The van der Waals surface area contributed by atoms with Crippen LogP contribution >= 0.6 is 0 Å². The average Bonchev–Trinajstić information content (AvgIpc) is 2.49. The summed E-state index contributed by atoms with van der Waals surface area (Å²) in [6.45, 7) is 2.42. The SMILES string of the molecule is CCOc1ccc(C(=O)N(C)c2ccncc2)cc1N. The van der Waals surface area contributed by atoms with Crippen molar-refractivity contribution < 1.29 is 9.53 Å². The maximum Gasteiger partial charge on any atom is 0.258 e. The lowest BCUT2D eigenvalue weighted by atomic mass is 10.1. The van der Waals surface area contributed by atoms with Crippen LogP contribution in [0, 0.1) is 0 Å². The molecule has 0 aliphatic carbocycles. The molecule has 0 radical (unpaired) electrons. The Kier molecular flexibility index (Phi) is 4.20. The lowest BCUT2D eigenvalue weighted by Gasteiger charge is -2.17. The summed E-state index contributed by atoms with van der Waals surface area (Å²) in [6.07, 6.45) is 3.29. The summed E-state index contributed by atoms with van der Waals surface area (Å²) in [6, 6.07) is 8.60. The van der Waals surface area contributed by atoms with Crippen molar-refractivity contribution in [2.24, 2.45) is 0 Å². The summed E-state index contributed by atoms with van der Waals surface area (Å²) < 4.78 is 5.36. The minimum atomic E-state index is -0.133. The molecule has 0 spiro atoms. The van der Waals surface area contributed by atoms with Gasteiger partial charge in [0.05, 0.1) is 12.3 Å². The Hall–Kier alpha value is -2.56. The number of carbonyl (C=O) groups excluding carboxylic acids is 1. The van der Waals surface area contributed by atoms with E-state index in [1.54, 1.807) is 54.7 Å². The molecule has 5 heteroatoms. The molecule has 1 aromatic heterocycles. The van der Waals surface area contributed by atoms with Gasteiger partial charge in [0, 0.05) is 30.7 Å². The Morgan fingerprint density at radius 3 is 2.60 bits per heavy atom. The first-order valence-corrected chi connectivity index (χ1v) is 6.34. The largest absolute Gasteiger partial charge is 0.492 e. The molecular formula is C15H17N3O2. The summed E-state index contributed by atoms with van der Waals surface area (Å²) in [5.41, 5.74) is 7.63. The van der Waals surface area contributed by atoms with E-state index < -0.39 is 0 Å². The molecule has 0 aliphatic rings. The van der Waals surface area contributed by atoms with E-state index in [1.807, 2.05) is 6.92 Å². The molecule has 0 bridgehead atoms. The first kappa shape index (κ1) is 13.9. The zero-order valence-corrected chi connectivity index (χ0v) is 11.5. The van der Waals surface area contributed by atoms with Crippen LogP contribution in [0.1, 0.15) is 17.3 Å². The predicted molar refractivity (Wildman–Crippen MR) is 79.0 cm³/mol. The van der Waals surface area contributed by atoms with Gasteiger partial charge in [0.2, 0.25) is 0 Å². The van der Waals surface area contributed by atoms with Crippen molar-refractivity contribution in [1.29, 1.82) is 0 Å². The Morgan fingerprint density at radius 1 is 1.30 bits per heavy atom. The molecular weight excluding hydrogens is 254 g/mol. The second kappa shape index (κ2) is 6.06. The van der Waals surface area contributed by atoms with Gasteiger partial charge in [-0.1, -0.05) is 0 Å². The van der Waals surface area contributed by atoms with E-state index in [-0.39, 0.29) is 5.91 Å². The molecule has 2 aromatic rings. The summed E-state index contributed by atoms with van der Waals surface area (Å²) in [5, 5.41) is 0. The number of nitrogen functional groups attached to an aromatic ring is 1. The lowest BCUT2D eigenvalue weighted by Crippen LogP contribution is -2.26. The second-order valence-electron chi connectivity index (χ2n) is 4.26. The fourth-order valence-electron chi connectivity index (χ4n) is 1.85. The Balaban J connectivity index is 2.23. The van der Waals surface area contributed by atoms with Crippen LogP contribution in [0.25, 0.3) is 0 Å². The smallest absolute Gasteiger partial charge is 0.258 e. The van der Waals surface area contributed by atoms with Crippen molar-refractivity contribution in [3.05, 3.63) is 48.3 Å². The van der Waals surface area contributed by atoms with Crippen LogP contribution < -0.4 is 15.4 Å². The van der Waals surface area contributed by atoms with E-state index in [9.17, 15) is 4.79 Å². The maximum absolute atomic E-state index is 12.4. The second-order valence-corrected chi connectivity index (χ2v) is 4.26. The van der Waals surface area contributed by atoms with E-state index in [4.69, 9.17) is 10.5 Å². The molecule has 0 unspecified atom stereocenters. The van der Waals surface area contributed by atoms with Crippen molar-refractivity contribution >= 4 is 17.3 Å². The number of hydrogen-bond acceptors (Lipinski definition) is 4. The van der Waals surface area contributed by atoms with Gasteiger partial charge in [-0.2, -0.15) is 0 Å². The van der Waals surface area contributed by atoms with E-state index in [0.717, 1.165) is 5.69 Å². The minimum absolute atomic E-state index is 0.133. The fraction of sp³-hybridized carbons (Fsp3) is 0.200. The third-order valence-electron chi connectivity index (χ3n) is 2.91. The highest BCUT2D eigenvalue weighted by Crippen LogP contribution is 2.24. The molecule has 2 rings (SSSR count). The number of nitrogens with two attached hydrogens (primary N) is 1. The van der Waals surface area contributed by atoms with Crippen LogP contribution in [0.4, 0.5) is 11.4 Å². The van der Waals surface area contributed by atoms with Gasteiger partial charge >= 0.3 is 0 Å². The Bertz CT molecular complexity index is 599. The van der Waals surface area contributed by atoms with Gasteiger partial charge in [-0.3, -0.25) is 9.78 Å². The molecule has 0 fully saturated rings. The average molecular weight is 271 g/mol. The van der Waals surface area contributed by atoms with Crippen LogP contribution in [0.15, 0.2) is 42.7 Å². The summed E-state index contributed by atoms with van der Waals surface area (Å²) in [7, 11) is 1.71. The van der Waals surface area contributed by atoms with Gasteiger partial charge in [0.25, 0.3) is 5.91 Å². The van der Waals surface area contributed by atoms with Crippen molar-refractivity contribution in [3.8, 4) is 5.75 Å². The number of amides is 1.